The second kappa shape index (κ2) is 8.11. The number of para-hydroxylation sites is 1. The predicted molar refractivity (Wildman–Crippen MR) is 120 cm³/mol. The number of amides is 1. The molecule has 31 heavy (non-hydrogen) atoms. The maximum Gasteiger partial charge on any atom is 0.300 e. The zero-order valence-electron chi connectivity index (χ0n) is 17.6. The number of aryl methyl sites for hydroxylation is 2. The number of benzene rings is 3. The van der Waals surface area contributed by atoms with E-state index in [2.05, 4.69) is 0 Å². The van der Waals surface area contributed by atoms with E-state index in [0.29, 0.717) is 22.6 Å². The standard InChI is InChI=1S/C26H23NO4/c1-16-12-13-17(2)21(14-16)24(28)22-23(18-8-7-11-20(15-18)31-3)27(26(30)25(22)29)19-9-5-4-6-10-19/h4-15,23,28H,1-3H3/b24-22+. The summed E-state index contributed by atoms with van der Waals surface area (Å²) in [6, 6.07) is 21.1. The lowest BCUT2D eigenvalue weighted by Gasteiger charge is -2.25. The number of aliphatic hydroxyl groups excluding tert-OH is 1. The summed E-state index contributed by atoms with van der Waals surface area (Å²) in [7, 11) is 1.56. The van der Waals surface area contributed by atoms with Crippen LogP contribution in [0.25, 0.3) is 5.76 Å². The zero-order chi connectivity index (χ0) is 22.1. The van der Waals surface area contributed by atoms with Crippen molar-refractivity contribution in [2.24, 2.45) is 0 Å². The van der Waals surface area contributed by atoms with E-state index in [1.54, 1.807) is 37.4 Å². The molecule has 0 aromatic heterocycles. The van der Waals surface area contributed by atoms with Crippen molar-refractivity contribution in [3.63, 3.8) is 0 Å². The van der Waals surface area contributed by atoms with Gasteiger partial charge in [0, 0.05) is 11.3 Å². The molecule has 4 rings (SSSR count). The Kier molecular flexibility index (Phi) is 5.34. The van der Waals surface area contributed by atoms with Crippen LogP contribution in [0, 0.1) is 13.8 Å². The fourth-order valence-corrected chi connectivity index (χ4v) is 3.95. The van der Waals surface area contributed by atoms with Gasteiger partial charge in [0.15, 0.2) is 0 Å². The number of rotatable bonds is 4. The van der Waals surface area contributed by atoms with Crippen LogP contribution in [-0.4, -0.2) is 23.9 Å². The third-order valence-corrected chi connectivity index (χ3v) is 5.54. The Balaban J connectivity index is 1.99. The molecule has 0 bridgehead atoms. The molecule has 0 radical (unpaired) electrons. The molecular weight excluding hydrogens is 390 g/mol. The average molecular weight is 413 g/mol. The first-order valence-corrected chi connectivity index (χ1v) is 10.00. The molecule has 0 spiro atoms. The van der Waals surface area contributed by atoms with Crippen molar-refractivity contribution >= 4 is 23.1 Å². The van der Waals surface area contributed by atoms with Crippen molar-refractivity contribution < 1.29 is 19.4 Å². The minimum atomic E-state index is -0.780. The normalized spacial score (nSPS) is 17.8. The summed E-state index contributed by atoms with van der Waals surface area (Å²) >= 11 is 0. The van der Waals surface area contributed by atoms with Gasteiger partial charge in [-0.3, -0.25) is 14.5 Å². The second-order valence-electron chi connectivity index (χ2n) is 7.60. The van der Waals surface area contributed by atoms with Gasteiger partial charge in [-0.15, -0.1) is 0 Å². The van der Waals surface area contributed by atoms with Gasteiger partial charge in [-0.25, -0.2) is 0 Å². The number of methoxy groups -OCH3 is 1. The van der Waals surface area contributed by atoms with Crippen LogP contribution in [0.3, 0.4) is 0 Å². The summed E-state index contributed by atoms with van der Waals surface area (Å²) in [5.74, 6) is -0.963. The van der Waals surface area contributed by atoms with E-state index in [9.17, 15) is 14.7 Å². The maximum absolute atomic E-state index is 13.2. The topological polar surface area (TPSA) is 66.8 Å². The lowest BCUT2D eigenvalue weighted by molar-refractivity contribution is -0.132. The second-order valence-corrected chi connectivity index (χ2v) is 7.60. The zero-order valence-corrected chi connectivity index (χ0v) is 17.6. The van der Waals surface area contributed by atoms with Gasteiger partial charge >= 0.3 is 0 Å². The molecule has 1 heterocycles. The molecule has 3 aromatic rings. The van der Waals surface area contributed by atoms with Gasteiger partial charge in [0.25, 0.3) is 11.7 Å². The first-order valence-electron chi connectivity index (χ1n) is 10.00. The van der Waals surface area contributed by atoms with Gasteiger partial charge < -0.3 is 9.84 Å². The number of Topliss-reactive ketones (excluding diaryl/α,β-unsaturated/α-hetero) is 1. The van der Waals surface area contributed by atoms with Crippen LogP contribution in [0.4, 0.5) is 5.69 Å². The van der Waals surface area contributed by atoms with Gasteiger partial charge in [0.05, 0.1) is 18.7 Å². The molecule has 1 N–H and O–H groups in total. The Labute approximate surface area is 181 Å². The molecule has 1 aliphatic heterocycles. The van der Waals surface area contributed by atoms with Crippen molar-refractivity contribution in [1.29, 1.82) is 0 Å². The SMILES string of the molecule is COc1cccc(C2/C(=C(\O)c3cc(C)ccc3C)C(=O)C(=O)N2c2ccccc2)c1. The van der Waals surface area contributed by atoms with Gasteiger partial charge in [0.1, 0.15) is 11.5 Å². The summed E-state index contributed by atoms with van der Waals surface area (Å²) in [5.41, 5.74) is 3.63. The number of carbonyl (C=O) groups excluding carboxylic acids is 2. The number of carbonyl (C=O) groups is 2. The van der Waals surface area contributed by atoms with Crippen LogP contribution in [0.1, 0.15) is 28.3 Å². The fourth-order valence-electron chi connectivity index (χ4n) is 3.95. The van der Waals surface area contributed by atoms with Gasteiger partial charge in [-0.1, -0.05) is 48.0 Å². The van der Waals surface area contributed by atoms with Crippen molar-refractivity contribution in [3.8, 4) is 5.75 Å². The molecule has 5 heteroatoms. The van der Waals surface area contributed by atoms with E-state index in [-0.39, 0.29) is 11.3 Å². The van der Waals surface area contributed by atoms with E-state index in [1.807, 2.05) is 56.3 Å². The van der Waals surface area contributed by atoms with Gasteiger partial charge in [0.2, 0.25) is 0 Å². The number of hydrogen-bond acceptors (Lipinski definition) is 4. The summed E-state index contributed by atoms with van der Waals surface area (Å²) in [4.78, 5) is 27.8. The van der Waals surface area contributed by atoms with Crippen LogP contribution in [0.5, 0.6) is 5.75 Å². The van der Waals surface area contributed by atoms with E-state index < -0.39 is 17.7 Å². The van der Waals surface area contributed by atoms with Crippen LogP contribution in [-0.2, 0) is 9.59 Å². The van der Waals surface area contributed by atoms with Crippen LogP contribution in [0.15, 0.2) is 78.4 Å². The lowest BCUT2D eigenvalue weighted by atomic mass is 9.93. The molecule has 1 aliphatic rings. The van der Waals surface area contributed by atoms with Crippen LogP contribution < -0.4 is 9.64 Å². The van der Waals surface area contributed by atoms with Crippen molar-refractivity contribution in [2.45, 2.75) is 19.9 Å². The van der Waals surface area contributed by atoms with Crippen molar-refractivity contribution in [1.82, 2.24) is 0 Å². The Morgan fingerprint density at radius 1 is 0.935 bits per heavy atom. The maximum atomic E-state index is 13.2. The Bertz CT molecular complexity index is 1200. The fraction of sp³-hybridized carbons (Fsp3) is 0.154. The summed E-state index contributed by atoms with van der Waals surface area (Å²) in [6.07, 6.45) is 0. The number of nitrogens with zero attached hydrogens (tertiary/aromatic N) is 1. The highest BCUT2D eigenvalue weighted by Gasteiger charge is 2.47. The molecule has 0 aliphatic carbocycles. The average Bonchev–Trinajstić information content (AvgIpc) is 3.06. The smallest absolute Gasteiger partial charge is 0.300 e. The molecule has 1 saturated heterocycles. The molecule has 0 saturated carbocycles. The van der Waals surface area contributed by atoms with Crippen molar-refractivity contribution in [2.75, 3.05) is 12.0 Å². The lowest BCUT2D eigenvalue weighted by Crippen LogP contribution is -2.29. The third-order valence-electron chi connectivity index (χ3n) is 5.54. The summed E-state index contributed by atoms with van der Waals surface area (Å²) < 4.78 is 5.36. The highest BCUT2D eigenvalue weighted by molar-refractivity contribution is 6.51. The Morgan fingerprint density at radius 3 is 2.39 bits per heavy atom. The minimum Gasteiger partial charge on any atom is -0.507 e. The molecule has 1 fully saturated rings. The Hall–Kier alpha value is -3.86. The highest BCUT2D eigenvalue weighted by Crippen LogP contribution is 2.43. The van der Waals surface area contributed by atoms with E-state index >= 15 is 0 Å². The monoisotopic (exact) mass is 413 g/mol. The van der Waals surface area contributed by atoms with E-state index in [1.165, 1.54) is 4.90 Å². The first-order chi connectivity index (χ1) is 14.9. The molecule has 3 aromatic carbocycles. The largest absolute Gasteiger partial charge is 0.507 e. The predicted octanol–water partition coefficient (Wildman–Crippen LogP) is 4.94. The van der Waals surface area contributed by atoms with E-state index in [4.69, 9.17) is 4.74 Å². The molecular formula is C26H23NO4. The van der Waals surface area contributed by atoms with Crippen LogP contribution >= 0.6 is 0 Å². The molecule has 1 atom stereocenters. The molecule has 156 valence electrons. The minimum absolute atomic E-state index is 0.0656. The molecule has 1 amide bonds. The van der Waals surface area contributed by atoms with E-state index in [0.717, 1.165) is 11.1 Å². The Morgan fingerprint density at radius 2 is 1.68 bits per heavy atom. The molecule has 5 nitrogen and oxygen atoms in total. The third kappa shape index (κ3) is 3.59. The number of ketones is 1. The quantitative estimate of drug-likeness (QED) is 0.374. The first kappa shape index (κ1) is 20.4. The number of ether oxygens (including phenoxy) is 1. The van der Waals surface area contributed by atoms with Gasteiger partial charge in [-0.2, -0.15) is 0 Å². The highest BCUT2D eigenvalue weighted by atomic mass is 16.5. The number of anilines is 1. The van der Waals surface area contributed by atoms with Crippen molar-refractivity contribution in [3.05, 3.63) is 101 Å². The number of hydrogen-bond donors (Lipinski definition) is 1. The summed E-state index contributed by atoms with van der Waals surface area (Å²) in [5, 5.41) is 11.3. The molecule has 1 unspecified atom stereocenters. The number of aliphatic hydroxyl groups is 1. The van der Waals surface area contributed by atoms with Crippen LogP contribution in [0.2, 0.25) is 0 Å². The van der Waals surface area contributed by atoms with Gasteiger partial charge in [-0.05, 0) is 55.3 Å². The summed E-state index contributed by atoms with van der Waals surface area (Å²) in [6.45, 7) is 3.78.